The van der Waals surface area contributed by atoms with E-state index in [1.54, 1.807) is 11.4 Å². The van der Waals surface area contributed by atoms with Gasteiger partial charge in [-0.3, -0.25) is 0 Å². The van der Waals surface area contributed by atoms with E-state index in [1.807, 2.05) is 6.92 Å². The van der Waals surface area contributed by atoms with E-state index in [2.05, 4.69) is 14.8 Å². The molecular weight excluding hydrogens is 346 g/mol. The van der Waals surface area contributed by atoms with Gasteiger partial charge < -0.3 is 0 Å². The molecule has 0 atom stereocenters. The molecule has 3 rings (SSSR count). The third-order valence-corrected chi connectivity index (χ3v) is 5.45. The molecule has 0 aliphatic carbocycles. The first-order valence-corrected chi connectivity index (χ1v) is 8.84. The lowest BCUT2D eigenvalue weighted by molar-refractivity contribution is 0.544. The van der Waals surface area contributed by atoms with Crippen LogP contribution in [0.4, 0.5) is 8.78 Å². The molecule has 0 amide bonds. The lowest BCUT2D eigenvalue weighted by atomic mass is 10.3. The number of fused-ring (bicyclic) bond motifs is 1. The molecule has 3 aromatic rings. The fourth-order valence-electron chi connectivity index (χ4n) is 2.11. The summed E-state index contributed by atoms with van der Waals surface area (Å²) < 4.78 is 55.0. The highest BCUT2D eigenvalue weighted by atomic mass is 32.2. The summed E-state index contributed by atoms with van der Waals surface area (Å²) in [6.45, 7) is 3.41. The van der Waals surface area contributed by atoms with Gasteiger partial charge >= 0.3 is 0 Å². The van der Waals surface area contributed by atoms with Crippen molar-refractivity contribution in [2.24, 2.45) is 0 Å². The number of sulfonamides is 1. The molecule has 0 fully saturated rings. The van der Waals surface area contributed by atoms with Crippen molar-refractivity contribution in [1.82, 2.24) is 19.3 Å². The van der Waals surface area contributed by atoms with Crippen LogP contribution in [0.5, 0.6) is 0 Å². The van der Waals surface area contributed by atoms with Crippen LogP contribution in [-0.2, 0) is 16.6 Å². The molecule has 0 saturated carbocycles. The average Bonchev–Trinajstić information content (AvgIpc) is 2.94. The fraction of sp³-hybridized carbons (Fsp3) is 0.231. The highest BCUT2D eigenvalue weighted by Gasteiger charge is 2.21. The Hall–Kier alpha value is -1.91. The van der Waals surface area contributed by atoms with E-state index in [4.69, 9.17) is 0 Å². The third-order valence-electron chi connectivity index (χ3n) is 3.21. The minimum Gasteiger partial charge on any atom is -0.223 e. The number of nitrogens with zero attached hydrogens (tertiary/aromatic N) is 3. The zero-order valence-electron chi connectivity index (χ0n) is 12.2. The monoisotopic (exact) mass is 358 g/mol. The first-order valence-electron chi connectivity index (χ1n) is 6.54. The molecule has 6 nitrogen and oxygen atoms in total. The highest BCUT2D eigenvalue weighted by molar-refractivity contribution is 7.89. The van der Waals surface area contributed by atoms with Crippen LogP contribution < -0.4 is 4.72 Å². The first kappa shape index (κ1) is 16.0. The van der Waals surface area contributed by atoms with E-state index in [-0.39, 0.29) is 6.54 Å². The molecule has 0 aliphatic rings. The van der Waals surface area contributed by atoms with Crippen molar-refractivity contribution in [3.63, 3.8) is 0 Å². The summed E-state index contributed by atoms with van der Waals surface area (Å²) in [7, 11) is -4.20. The van der Waals surface area contributed by atoms with E-state index >= 15 is 0 Å². The summed E-state index contributed by atoms with van der Waals surface area (Å²) >= 11 is 1.38. The van der Waals surface area contributed by atoms with Gasteiger partial charge in [0.2, 0.25) is 15.0 Å². The van der Waals surface area contributed by atoms with E-state index < -0.39 is 26.6 Å². The maximum atomic E-state index is 13.7. The van der Waals surface area contributed by atoms with E-state index in [9.17, 15) is 17.2 Å². The SMILES string of the molecule is Cc1nn2c(CNS(=O)(=O)c3cc(F)ccc3F)c(C)nc2s1. The van der Waals surface area contributed by atoms with Gasteiger partial charge in [0.15, 0.2) is 0 Å². The van der Waals surface area contributed by atoms with Crippen molar-refractivity contribution in [3.05, 3.63) is 46.2 Å². The zero-order chi connectivity index (χ0) is 16.8. The van der Waals surface area contributed by atoms with Crippen molar-refractivity contribution in [2.45, 2.75) is 25.3 Å². The fourth-order valence-corrected chi connectivity index (χ4v) is 4.00. The van der Waals surface area contributed by atoms with Crippen LogP contribution in [0.1, 0.15) is 16.4 Å². The zero-order valence-corrected chi connectivity index (χ0v) is 13.8. The van der Waals surface area contributed by atoms with Crippen LogP contribution in [0.2, 0.25) is 0 Å². The molecular formula is C13H12F2N4O2S2. The molecule has 2 heterocycles. The smallest absolute Gasteiger partial charge is 0.223 e. The van der Waals surface area contributed by atoms with Gasteiger partial charge in [-0.2, -0.15) is 5.10 Å². The Balaban J connectivity index is 1.92. The molecule has 0 aliphatic heterocycles. The number of halogens is 2. The van der Waals surface area contributed by atoms with E-state index in [0.29, 0.717) is 22.4 Å². The molecule has 0 radical (unpaired) electrons. The Morgan fingerprint density at radius 3 is 2.78 bits per heavy atom. The molecule has 122 valence electrons. The second kappa shape index (κ2) is 5.62. The maximum Gasteiger partial charge on any atom is 0.243 e. The highest BCUT2D eigenvalue weighted by Crippen LogP contribution is 2.19. The number of aryl methyl sites for hydroxylation is 2. The molecule has 0 spiro atoms. The van der Waals surface area contributed by atoms with Crippen molar-refractivity contribution in [1.29, 1.82) is 0 Å². The second-order valence-corrected chi connectivity index (χ2v) is 7.75. The van der Waals surface area contributed by atoms with E-state index in [1.165, 1.54) is 11.3 Å². The van der Waals surface area contributed by atoms with Crippen molar-refractivity contribution >= 4 is 26.3 Å². The van der Waals surface area contributed by atoms with Gasteiger partial charge in [-0.1, -0.05) is 11.3 Å². The average molecular weight is 358 g/mol. The minimum absolute atomic E-state index is 0.130. The summed E-state index contributed by atoms with van der Waals surface area (Å²) in [4.78, 5) is 4.20. The standard InChI is InChI=1S/C13H12F2N4O2S2/c1-7-11(19-13(17-7)22-8(2)18-19)6-16-23(20,21)12-5-9(14)3-4-10(12)15/h3-5,16H,6H2,1-2H3. The molecule has 1 N–H and O–H groups in total. The Morgan fingerprint density at radius 2 is 2.04 bits per heavy atom. The lowest BCUT2D eigenvalue weighted by Gasteiger charge is -2.07. The molecule has 10 heteroatoms. The number of rotatable bonds is 4. The third kappa shape index (κ3) is 2.96. The molecule has 0 saturated heterocycles. The van der Waals surface area contributed by atoms with Crippen molar-refractivity contribution < 1.29 is 17.2 Å². The number of aromatic nitrogens is 3. The Kier molecular flexibility index (Phi) is 3.90. The van der Waals surface area contributed by atoms with Crippen molar-refractivity contribution in [2.75, 3.05) is 0 Å². The van der Waals surface area contributed by atoms with Crippen LogP contribution in [-0.4, -0.2) is 23.0 Å². The Bertz CT molecular complexity index is 995. The molecule has 2 aromatic heterocycles. The topological polar surface area (TPSA) is 76.4 Å². The van der Waals surface area contributed by atoms with Gasteiger partial charge in [-0.25, -0.2) is 31.4 Å². The van der Waals surface area contributed by atoms with Gasteiger partial charge in [0.05, 0.1) is 17.9 Å². The first-order chi connectivity index (χ1) is 10.8. The van der Waals surface area contributed by atoms with Gasteiger partial charge in [0.1, 0.15) is 21.5 Å². The Labute approximate surface area is 134 Å². The summed E-state index contributed by atoms with van der Waals surface area (Å²) in [5.41, 5.74) is 1.16. The normalized spacial score (nSPS) is 12.2. The maximum absolute atomic E-state index is 13.7. The number of benzene rings is 1. The van der Waals surface area contributed by atoms with Gasteiger partial charge in [0, 0.05) is 0 Å². The van der Waals surface area contributed by atoms with E-state index in [0.717, 1.165) is 17.1 Å². The van der Waals surface area contributed by atoms with Gasteiger partial charge in [-0.15, -0.1) is 0 Å². The minimum atomic E-state index is -4.20. The predicted molar refractivity (Wildman–Crippen MR) is 80.7 cm³/mol. The summed E-state index contributed by atoms with van der Waals surface area (Å²) in [5.74, 6) is -1.84. The van der Waals surface area contributed by atoms with Crippen LogP contribution in [0, 0.1) is 25.5 Å². The van der Waals surface area contributed by atoms with Crippen molar-refractivity contribution in [3.8, 4) is 0 Å². The number of nitrogens with one attached hydrogen (secondary N) is 1. The van der Waals surface area contributed by atoms with Gasteiger partial charge in [-0.05, 0) is 32.0 Å². The van der Waals surface area contributed by atoms with Crippen LogP contribution >= 0.6 is 11.3 Å². The largest absolute Gasteiger partial charge is 0.243 e. The van der Waals surface area contributed by atoms with Crippen LogP contribution in [0.3, 0.4) is 0 Å². The van der Waals surface area contributed by atoms with Crippen LogP contribution in [0.25, 0.3) is 4.96 Å². The van der Waals surface area contributed by atoms with Gasteiger partial charge in [0.25, 0.3) is 0 Å². The summed E-state index contributed by atoms with van der Waals surface area (Å²) in [6.07, 6.45) is 0. The predicted octanol–water partition coefficient (Wildman–Crippen LogP) is 2.16. The lowest BCUT2D eigenvalue weighted by Crippen LogP contribution is -2.25. The Morgan fingerprint density at radius 1 is 1.30 bits per heavy atom. The number of imidazole rings is 1. The summed E-state index contributed by atoms with van der Waals surface area (Å²) in [5, 5.41) is 5.03. The molecule has 0 bridgehead atoms. The summed E-state index contributed by atoms with van der Waals surface area (Å²) in [6, 6.07) is 2.27. The molecule has 1 aromatic carbocycles. The van der Waals surface area contributed by atoms with Crippen LogP contribution in [0.15, 0.2) is 23.1 Å². The molecule has 0 unspecified atom stereocenters. The quantitative estimate of drug-likeness (QED) is 0.775. The number of hydrogen-bond acceptors (Lipinski definition) is 5. The molecule has 23 heavy (non-hydrogen) atoms. The number of hydrogen-bond donors (Lipinski definition) is 1. The second-order valence-electron chi connectivity index (χ2n) is 4.86.